The van der Waals surface area contributed by atoms with E-state index in [1.807, 2.05) is 19.1 Å². The molecule has 0 aliphatic rings. The van der Waals surface area contributed by atoms with Gasteiger partial charge >= 0.3 is 5.97 Å². The Labute approximate surface area is 114 Å². The molecule has 7 nitrogen and oxygen atoms in total. The van der Waals surface area contributed by atoms with E-state index in [0.29, 0.717) is 5.75 Å². The molecule has 0 radical (unpaired) electrons. The topological polar surface area (TPSA) is 104 Å². The van der Waals surface area contributed by atoms with Crippen molar-refractivity contribution in [3.05, 3.63) is 41.6 Å². The predicted octanol–water partition coefficient (Wildman–Crippen LogP) is 1.43. The molecule has 1 aromatic carbocycles. The van der Waals surface area contributed by atoms with Gasteiger partial charge in [0, 0.05) is 0 Å². The summed E-state index contributed by atoms with van der Waals surface area (Å²) in [6.07, 6.45) is 1.12. The van der Waals surface area contributed by atoms with Crippen LogP contribution in [0.2, 0.25) is 0 Å². The van der Waals surface area contributed by atoms with E-state index in [2.05, 4.69) is 15.5 Å². The van der Waals surface area contributed by atoms with Crippen molar-refractivity contribution >= 4 is 17.7 Å². The van der Waals surface area contributed by atoms with Crippen LogP contribution in [0.4, 0.5) is 5.82 Å². The number of H-pyrrole nitrogens is 1. The number of aromatic amines is 1. The lowest BCUT2D eigenvalue weighted by Crippen LogP contribution is -2.21. The van der Waals surface area contributed by atoms with Gasteiger partial charge in [0.15, 0.2) is 6.61 Å². The van der Waals surface area contributed by atoms with E-state index in [1.165, 1.54) is 0 Å². The van der Waals surface area contributed by atoms with Crippen LogP contribution in [0.25, 0.3) is 0 Å². The zero-order valence-electron chi connectivity index (χ0n) is 10.7. The highest BCUT2D eigenvalue weighted by Crippen LogP contribution is 2.12. The molecule has 0 aliphatic carbocycles. The van der Waals surface area contributed by atoms with Crippen molar-refractivity contribution in [2.24, 2.45) is 0 Å². The molecule has 0 bridgehead atoms. The smallest absolute Gasteiger partial charge is 0.341 e. The van der Waals surface area contributed by atoms with Gasteiger partial charge in [-0.05, 0) is 19.1 Å². The summed E-state index contributed by atoms with van der Waals surface area (Å²) in [5.41, 5.74) is 0.985. The Morgan fingerprint density at radius 3 is 2.70 bits per heavy atom. The van der Waals surface area contributed by atoms with Gasteiger partial charge in [-0.2, -0.15) is 5.10 Å². The number of aryl methyl sites for hydroxylation is 1. The maximum Gasteiger partial charge on any atom is 0.341 e. The van der Waals surface area contributed by atoms with Crippen LogP contribution in [0.5, 0.6) is 5.75 Å². The summed E-state index contributed by atoms with van der Waals surface area (Å²) in [6, 6.07) is 7.23. The summed E-state index contributed by atoms with van der Waals surface area (Å²) in [5, 5.41) is 17.2. The molecule has 2 aromatic rings. The van der Waals surface area contributed by atoms with Gasteiger partial charge in [-0.1, -0.05) is 17.7 Å². The Morgan fingerprint density at radius 2 is 2.05 bits per heavy atom. The number of benzene rings is 1. The van der Waals surface area contributed by atoms with Gasteiger partial charge in [-0.25, -0.2) is 4.79 Å². The number of anilines is 1. The fourth-order valence-corrected chi connectivity index (χ4v) is 1.50. The lowest BCUT2D eigenvalue weighted by atomic mass is 10.2. The highest BCUT2D eigenvalue weighted by Gasteiger charge is 2.14. The Morgan fingerprint density at radius 1 is 1.35 bits per heavy atom. The third-order valence-corrected chi connectivity index (χ3v) is 2.53. The SMILES string of the molecule is Cc1ccc(OCC(=O)Nc2[nH]ncc2C(=O)O)cc1. The van der Waals surface area contributed by atoms with Crippen molar-refractivity contribution in [1.82, 2.24) is 10.2 Å². The molecule has 3 N–H and O–H groups in total. The molecule has 0 atom stereocenters. The maximum atomic E-state index is 11.6. The number of nitrogens with one attached hydrogen (secondary N) is 2. The van der Waals surface area contributed by atoms with Crippen molar-refractivity contribution in [1.29, 1.82) is 0 Å². The largest absolute Gasteiger partial charge is 0.484 e. The molecular weight excluding hydrogens is 262 g/mol. The molecule has 1 amide bonds. The minimum Gasteiger partial charge on any atom is -0.484 e. The number of rotatable bonds is 5. The highest BCUT2D eigenvalue weighted by molar-refractivity contribution is 5.99. The van der Waals surface area contributed by atoms with Gasteiger partial charge in [0.2, 0.25) is 0 Å². The lowest BCUT2D eigenvalue weighted by Gasteiger charge is -2.07. The minimum absolute atomic E-state index is 0.0370. The molecule has 0 fully saturated rings. The Kier molecular flexibility index (Phi) is 3.99. The highest BCUT2D eigenvalue weighted by atomic mass is 16.5. The van der Waals surface area contributed by atoms with Crippen LogP contribution in [0.1, 0.15) is 15.9 Å². The number of hydrogen-bond donors (Lipinski definition) is 3. The number of carboxylic acids is 1. The second-order valence-corrected chi connectivity index (χ2v) is 4.11. The third kappa shape index (κ3) is 3.35. The van der Waals surface area contributed by atoms with E-state index in [4.69, 9.17) is 9.84 Å². The predicted molar refractivity (Wildman–Crippen MR) is 70.9 cm³/mol. The molecule has 1 aromatic heterocycles. The van der Waals surface area contributed by atoms with Crippen LogP contribution < -0.4 is 10.1 Å². The van der Waals surface area contributed by atoms with E-state index in [9.17, 15) is 9.59 Å². The van der Waals surface area contributed by atoms with Crippen molar-refractivity contribution in [3.8, 4) is 5.75 Å². The van der Waals surface area contributed by atoms with Gasteiger partial charge in [0.25, 0.3) is 5.91 Å². The summed E-state index contributed by atoms with van der Waals surface area (Å²) in [7, 11) is 0. The lowest BCUT2D eigenvalue weighted by molar-refractivity contribution is -0.118. The van der Waals surface area contributed by atoms with Crippen LogP contribution >= 0.6 is 0 Å². The number of carboxylic acid groups (broad SMARTS) is 1. The molecule has 0 saturated carbocycles. The third-order valence-electron chi connectivity index (χ3n) is 2.53. The summed E-state index contributed by atoms with van der Waals surface area (Å²) in [6.45, 7) is 1.73. The van der Waals surface area contributed by atoms with Crippen LogP contribution in [0.15, 0.2) is 30.5 Å². The number of aromatic nitrogens is 2. The second-order valence-electron chi connectivity index (χ2n) is 4.11. The van der Waals surface area contributed by atoms with Crippen LogP contribution in [0, 0.1) is 6.92 Å². The Bertz CT molecular complexity index is 619. The van der Waals surface area contributed by atoms with E-state index >= 15 is 0 Å². The van der Waals surface area contributed by atoms with Gasteiger partial charge in [-0.3, -0.25) is 9.89 Å². The van der Waals surface area contributed by atoms with Crippen molar-refractivity contribution in [3.63, 3.8) is 0 Å². The van der Waals surface area contributed by atoms with Crippen molar-refractivity contribution in [2.45, 2.75) is 6.92 Å². The standard InChI is InChI=1S/C13H13N3O4/c1-8-2-4-9(5-3-8)20-7-11(17)15-12-10(13(18)19)6-14-16-12/h2-6H,7H2,1H3,(H,18,19)(H2,14,15,16,17). The molecule has 20 heavy (non-hydrogen) atoms. The molecular formula is C13H13N3O4. The van der Waals surface area contributed by atoms with Crippen molar-refractivity contribution in [2.75, 3.05) is 11.9 Å². The van der Waals surface area contributed by atoms with Crippen LogP contribution in [-0.2, 0) is 4.79 Å². The van der Waals surface area contributed by atoms with Gasteiger partial charge < -0.3 is 15.2 Å². The molecule has 104 valence electrons. The molecule has 0 spiro atoms. The Balaban J connectivity index is 1.91. The number of amides is 1. The van der Waals surface area contributed by atoms with E-state index in [0.717, 1.165) is 11.8 Å². The Hall–Kier alpha value is -2.83. The monoisotopic (exact) mass is 275 g/mol. The zero-order chi connectivity index (χ0) is 14.5. The van der Waals surface area contributed by atoms with Gasteiger partial charge in [-0.15, -0.1) is 0 Å². The van der Waals surface area contributed by atoms with Crippen molar-refractivity contribution < 1.29 is 19.4 Å². The first-order valence-electron chi connectivity index (χ1n) is 5.82. The number of hydrogen-bond acceptors (Lipinski definition) is 4. The average Bonchev–Trinajstić information content (AvgIpc) is 2.86. The molecule has 0 unspecified atom stereocenters. The minimum atomic E-state index is -1.17. The van der Waals surface area contributed by atoms with E-state index in [-0.39, 0.29) is 18.0 Å². The van der Waals surface area contributed by atoms with Gasteiger partial charge in [0.1, 0.15) is 17.1 Å². The van der Waals surface area contributed by atoms with E-state index in [1.54, 1.807) is 12.1 Å². The average molecular weight is 275 g/mol. The summed E-state index contributed by atoms with van der Waals surface area (Å²) < 4.78 is 5.28. The number of ether oxygens (including phenoxy) is 1. The molecule has 1 heterocycles. The summed E-state index contributed by atoms with van der Waals surface area (Å²) in [4.78, 5) is 22.5. The molecule has 0 aliphatic heterocycles. The fourth-order valence-electron chi connectivity index (χ4n) is 1.50. The first kappa shape index (κ1) is 13.6. The first-order valence-corrected chi connectivity index (χ1v) is 5.82. The second kappa shape index (κ2) is 5.87. The molecule has 0 saturated heterocycles. The number of nitrogens with zero attached hydrogens (tertiary/aromatic N) is 1. The van der Waals surface area contributed by atoms with Crippen LogP contribution in [-0.4, -0.2) is 33.8 Å². The molecule has 7 heteroatoms. The zero-order valence-corrected chi connectivity index (χ0v) is 10.7. The van der Waals surface area contributed by atoms with Gasteiger partial charge in [0.05, 0.1) is 6.20 Å². The number of carbonyl (C=O) groups is 2. The van der Waals surface area contributed by atoms with E-state index < -0.39 is 11.9 Å². The summed E-state index contributed by atoms with van der Waals surface area (Å²) >= 11 is 0. The quantitative estimate of drug-likeness (QED) is 0.765. The van der Waals surface area contributed by atoms with Crippen LogP contribution in [0.3, 0.4) is 0 Å². The molecule has 2 rings (SSSR count). The fraction of sp³-hybridized carbons (Fsp3) is 0.154. The first-order chi connectivity index (χ1) is 9.56. The number of carbonyl (C=O) groups excluding carboxylic acids is 1. The normalized spacial score (nSPS) is 10.1. The number of aromatic carboxylic acids is 1. The maximum absolute atomic E-state index is 11.6. The summed E-state index contributed by atoms with van der Waals surface area (Å²) in [5.74, 6) is -1.05.